The number of halogens is 2. The van der Waals surface area contributed by atoms with E-state index in [2.05, 4.69) is 31.9 Å². The molecule has 2 rings (SSSR count). The Bertz CT molecular complexity index is 469. The standard InChI is InChI=1S/C11H8Br2O3/c1-6-2-3-7(11(13)10(6)12)15-9-5-4-8(14)16-9/h2-5,9H,1H3. The van der Waals surface area contributed by atoms with Gasteiger partial charge in [-0.25, -0.2) is 4.79 Å². The molecule has 0 aliphatic carbocycles. The maximum Gasteiger partial charge on any atom is 0.334 e. The lowest BCUT2D eigenvalue weighted by molar-refractivity contribution is -0.147. The van der Waals surface area contributed by atoms with Crippen LogP contribution in [0.25, 0.3) is 0 Å². The van der Waals surface area contributed by atoms with Gasteiger partial charge in [-0.1, -0.05) is 6.07 Å². The molecule has 16 heavy (non-hydrogen) atoms. The predicted molar refractivity (Wildman–Crippen MR) is 66.2 cm³/mol. The van der Waals surface area contributed by atoms with Gasteiger partial charge in [0.25, 0.3) is 6.29 Å². The van der Waals surface area contributed by atoms with E-state index in [-0.39, 0.29) is 5.97 Å². The maximum absolute atomic E-state index is 10.8. The maximum atomic E-state index is 10.8. The fourth-order valence-electron chi connectivity index (χ4n) is 1.26. The molecule has 1 aromatic rings. The lowest BCUT2D eigenvalue weighted by Gasteiger charge is -2.14. The van der Waals surface area contributed by atoms with Gasteiger partial charge in [-0.2, -0.15) is 0 Å². The van der Waals surface area contributed by atoms with Crippen molar-refractivity contribution in [2.75, 3.05) is 0 Å². The summed E-state index contributed by atoms with van der Waals surface area (Å²) in [5.41, 5.74) is 1.10. The highest BCUT2D eigenvalue weighted by molar-refractivity contribution is 9.13. The molecule has 0 radical (unpaired) electrons. The highest BCUT2D eigenvalue weighted by Gasteiger charge is 2.19. The van der Waals surface area contributed by atoms with Gasteiger partial charge in [-0.15, -0.1) is 0 Å². The zero-order valence-corrected chi connectivity index (χ0v) is 11.5. The summed E-state index contributed by atoms with van der Waals surface area (Å²) in [4.78, 5) is 10.8. The van der Waals surface area contributed by atoms with Gasteiger partial charge in [0, 0.05) is 16.6 Å². The minimum atomic E-state index is -0.640. The summed E-state index contributed by atoms with van der Waals surface area (Å²) >= 11 is 6.86. The molecule has 1 atom stereocenters. The summed E-state index contributed by atoms with van der Waals surface area (Å²) in [6.07, 6.45) is 2.28. The molecule has 0 spiro atoms. The summed E-state index contributed by atoms with van der Waals surface area (Å²) in [5, 5.41) is 0. The molecule has 1 unspecified atom stereocenters. The molecule has 0 amide bonds. The first-order valence-electron chi connectivity index (χ1n) is 4.58. The zero-order chi connectivity index (χ0) is 11.7. The molecule has 0 N–H and O–H groups in total. The van der Waals surface area contributed by atoms with Crippen LogP contribution in [0.5, 0.6) is 5.75 Å². The zero-order valence-electron chi connectivity index (χ0n) is 8.37. The van der Waals surface area contributed by atoms with Gasteiger partial charge in [0.05, 0.1) is 4.47 Å². The predicted octanol–water partition coefficient (Wildman–Crippen LogP) is 3.34. The molecule has 0 bridgehead atoms. The molecular formula is C11H8Br2O3. The monoisotopic (exact) mass is 346 g/mol. The Morgan fingerprint density at radius 3 is 2.69 bits per heavy atom. The molecule has 0 aromatic heterocycles. The molecule has 1 aliphatic rings. The van der Waals surface area contributed by atoms with E-state index in [0.29, 0.717) is 5.75 Å². The Hall–Kier alpha value is -0.810. The van der Waals surface area contributed by atoms with Gasteiger partial charge < -0.3 is 9.47 Å². The fraction of sp³-hybridized carbons (Fsp3) is 0.182. The highest BCUT2D eigenvalue weighted by atomic mass is 79.9. The molecule has 5 heteroatoms. The fourth-order valence-corrected chi connectivity index (χ4v) is 2.12. The Labute approximate surface area is 110 Å². The molecule has 0 fully saturated rings. The van der Waals surface area contributed by atoms with Crippen molar-refractivity contribution in [3.8, 4) is 5.75 Å². The Kier molecular flexibility index (Phi) is 3.35. The summed E-state index contributed by atoms with van der Waals surface area (Å²) in [6, 6.07) is 3.74. The van der Waals surface area contributed by atoms with E-state index in [9.17, 15) is 4.79 Å². The van der Waals surface area contributed by atoms with Crippen molar-refractivity contribution < 1.29 is 14.3 Å². The number of benzene rings is 1. The van der Waals surface area contributed by atoms with Crippen LogP contribution in [0, 0.1) is 6.92 Å². The van der Waals surface area contributed by atoms with Crippen molar-refractivity contribution in [3.63, 3.8) is 0 Å². The number of aryl methyl sites for hydroxylation is 1. The first kappa shape index (κ1) is 11.7. The molecule has 1 aliphatic heterocycles. The lowest BCUT2D eigenvalue weighted by atomic mass is 10.2. The van der Waals surface area contributed by atoms with Gasteiger partial charge >= 0.3 is 5.97 Å². The average Bonchev–Trinajstić information content (AvgIpc) is 2.65. The minimum Gasteiger partial charge on any atom is -0.450 e. The SMILES string of the molecule is Cc1ccc(OC2C=CC(=O)O2)c(Br)c1Br. The van der Waals surface area contributed by atoms with Gasteiger partial charge in [0.15, 0.2) is 0 Å². The molecule has 0 saturated carbocycles. The number of carbonyl (C=O) groups is 1. The van der Waals surface area contributed by atoms with E-state index in [0.717, 1.165) is 14.5 Å². The van der Waals surface area contributed by atoms with Crippen LogP contribution in [0.2, 0.25) is 0 Å². The van der Waals surface area contributed by atoms with E-state index in [1.165, 1.54) is 6.08 Å². The molecule has 0 saturated heterocycles. The summed E-state index contributed by atoms with van der Waals surface area (Å²) < 4.78 is 12.1. The average molecular weight is 348 g/mol. The second kappa shape index (κ2) is 4.59. The van der Waals surface area contributed by atoms with E-state index >= 15 is 0 Å². The van der Waals surface area contributed by atoms with Gasteiger partial charge in [0.2, 0.25) is 0 Å². The molecule has 84 valence electrons. The third kappa shape index (κ3) is 2.30. The number of hydrogen-bond acceptors (Lipinski definition) is 3. The van der Waals surface area contributed by atoms with Crippen molar-refractivity contribution in [1.82, 2.24) is 0 Å². The smallest absolute Gasteiger partial charge is 0.334 e. The Balaban J connectivity index is 2.19. The lowest BCUT2D eigenvalue weighted by Crippen LogP contribution is -2.15. The van der Waals surface area contributed by atoms with E-state index < -0.39 is 6.29 Å². The number of hydrogen-bond donors (Lipinski definition) is 0. The van der Waals surface area contributed by atoms with Crippen LogP contribution in [-0.4, -0.2) is 12.3 Å². The van der Waals surface area contributed by atoms with Crippen molar-refractivity contribution in [1.29, 1.82) is 0 Å². The van der Waals surface area contributed by atoms with Crippen LogP contribution in [0.3, 0.4) is 0 Å². The van der Waals surface area contributed by atoms with Crippen LogP contribution in [-0.2, 0) is 9.53 Å². The third-order valence-electron chi connectivity index (χ3n) is 2.10. The Morgan fingerprint density at radius 2 is 2.06 bits per heavy atom. The number of ether oxygens (including phenoxy) is 2. The molecule has 1 heterocycles. The van der Waals surface area contributed by atoms with Crippen LogP contribution < -0.4 is 4.74 Å². The van der Waals surface area contributed by atoms with Crippen molar-refractivity contribution >= 4 is 37.8 Å². The van der Waals surface area contributed by atoms with Crippen LogP contribution >= 0.6 is 31.9 Å². The number of cyclic esters (lactones) is 1. The van der Waals surface area contributed by atoms with E-state index in [4.69, 9.17) is 9.47 Å². The second-order valence-corrected chi connectivity index (χ2v) is 4.88. The number of carbonyl (C=O) groups excluding carboxylic acids is 1. The quantitative estimate of drug-likeness (QED) is 0.770. The van der Waals surface area contributed by atoms with Gasteiger partial charge in [0.1, 0.15) is 5.75 Å². The molecular weight excluding hydrogens is 340 g/mol. The van der Waals surface area contributed by atoms with Crippen LogP contribution in [0.15, 0.2) is 33.2 Å². The van der Waals surface area contributed by atoms with Crippen molar-refractivity contribution in [2.45, 2.75) is 13.2 Å². The largest absolute Gasteiger partial charge is 0.450 e. The first-order valence-corrected chi connectivity index (χ1v) is 6.16. The number of rotatable bonds is 2. The third-order valence-corrected chi connectivity index (χ3v) is 4.45. The normalized spacial score (nSPS) is 18.7. The topological polar surface area (TPSA) is 35.5 Å². The molecule has 1 aromatic carbocycles. The van der Waals surface area contributed by atoms with Crippen molar-refractivity contribution in [3.05, 3.63) is 38.8 Å². The summed E-state index contributed by atoms with van der Waals surface area (Å²) in [6.45, 7) is 1.98. The van der Waals surface area contributed by atoms with Crippen LogP contribution in [0.1, 0.15) is 5.56 Å². The Morgan fingerprint density at radius 1 is 1.31 bits per heavy atom. The minimum absolute atomic E-state index is 0.382. The van der Waals surface area contributed by atoms with Crippen molar-refractivity contribution in [2.24, 2.45) is 0 Å². The highest BCUT2D eigenvalue weighted by Crippen LogP contribution is 2.35. The first-order chi connectivity index (χ1) is 7.58. The van der Waals surface area contributed by atoms with Gasteiger partial charge in [-0.05, 0) is 50.4 Å². The van der Waals surface area contributed by atoms with Gasteiger partial charge in [-0.3, -0.25) is 0 Å². The van der Waals surface area contributed by atoms with Crippen LogP contribution in [0.4, 0.5) is 0 Å². The molecule has 3 nitrogen and oxygen atoms in total. The van der Waals surface area contributed by atoms with E-state index in [1.807, 2.05) is 19.1 Å². The van der Waals surface area contributed by atoms with E-state index in [1.54, 1.807) is 6.08 Å². The summed E-state index contributed by atoms with van der Waals surface area (Å²) in [7, 11) is 0. The number of esters is 1. The second-order valence-electron chi connectivity index (χ2n) is 3.29. The summed E-state index contributed by atoms with van der Waals surface area (Å²) in [5.74, 6) is 0.245.